The quantitative estimate of drug-likeness (QED) is 0.802. The monoisotopic (exact) mass is 226 g/mol. The van der Waals surface area contributed by atoms with Crippen LogP contribution >= 0.6 is 11.3 Å². The lowest BCUT2D eigenvalue weighted by Gasteiger charge is -2.24. The summed E-state index contributed by atoms with van der Waals surface area (Å²) in [6.45, 7) is 8.79. The van der Waals surface area contributed by atoms with Crippen LogP contribution in [0.5, 0.6) is 0 Å². The topological polar surface area (TPSA) is 15.3 Å². The van der Waals surface area contributed by atoms with E-state index in [4.69, 9.17) is 0 Å². The molecule has 2 nitrogen and oxygen atoms in total. The Balaban J connectivity index is 2.31. The number of nitrogens with zero attached hydrogens (tertiary/aromatic N) is 1. The van der Waals surface area contributed by atoms with Crippen LogP contribution in [-0.2, 0) is 0 Å². The van der Waals surface area contributed by atoms with E-state index in [2.05, 4.69) is 55.5 Å². The van der Waals surface area contributed by atoms with E-state index in [1.54, 1.807) is 0 Å². The predicted molar refractivity (Wildman–Crippen MR) is 68.5 cm³/mol. The van der Waals surface area contributed by atoms with Crippen molar-refractivity contribution < 1.29 is 0 Å². The fraction of sp³-hybridized carbons (Fsp3) is 0.667. The predicted octanol–water partition coefficient (Wildman–Crippen LogP) is 2.74. The molecule has 1 atom stereocenters. The van der Waals surface area contributed by atoms with Gasteiger partial charge in [0, 0.05) is 30.1 Å². The van der Waals surface area contributed by atoms with E-state index in [1.807, 2.05) is 11.3 Å². The van der Waals surface area contributed by atoms with Gasteiger partial charge in [0.15, 0.2) is 0 Å². The highest BCUT2D eigenvalue weighted by Crippen LogP contribution is 2.22. The Bertz CT molecular complexity index is 257. The van der Waals surface area contributed by atoms with Crippen LogP contribution in [0.25, 0.3) is 0 Å². The van der Waals surface area contributed by atoms with Gasteiger partial charge < -0.3 is 5.32 Å². The summed E-state index contributed by atoms with van der Waals surface area (Å²) in [5.41, 5.74) is 0. The highest BCUT2D eigenvalue weighted by atomic mass is 32.1. The molecule has 1 unspecified atom stereocenters. The second-order valence-electron chi connectivity index (χ2n) is 4.28. The normalized spacial score (nSPS) is 13.7. The molecule has 0 amide bonds. The minimum absolute atomic E-state index is 0.527. The lowest BCUT2D eigenvalue weighted by Crippen LogP contribution is -2.33. The molecule has 0 aliphatic carbocycles. The molecular weight excluding hydrogens is 204 g/mol. The average Bonchev–Trinajstić information content (AvgIpc) is 2.68. The summed E-state index contributed by atoms with van der Waals surface area (Å²) in [7, 11) is 2.19. The minimum atomic E-state index is 0.527. The summed E-state index contributed by atoms with van der Waals surface area (Å²) in [6.07, 6.45) is 0. The number of likely N-dealkylation sites (N-methyl/N-ethyl adjacent to an activating group) is 1. The zero-order valence-electron chi connectivity index (χ0n) is 10.2. The van der Waals surface area contributed by atoms with E-state index in [-0.39, 0.29) is 0 Å². The first kappa shape index (κ1) is 12.7. The summed E-state index contributed by atoms with van der Waals surface area (Å²) >= 11 is 1.84. The van der Waals surface area contributed by atoms with Crippen molar-refractivity contribution in [1.82, 2.24) is 10.2 Å². The number of nitrogens with one attached hydrogen (secondary N) is 1. The third-order valence-electron chi connectivity index (χ3n) is 2.63. The molecule has 0 saturated heterocycles. The molecule has 1 N–H and O–H groups in total. The Morgan fingerprint density at radius 3 is 2.67 bits per heavy atom. The average molecular weight is 226 g/mol. The van der Waals surface area contributed by atoms with E-state index in [0.29, 0.717) is 12.1 Å². The molecule has 86 valence electrons. The van der Waals surface area contributed by atoms with Crippen molar-refractivity contribution in [3.05, 3.63) is 22.4 Å². The Morgan fingerprint density at radius 1 is 1.40 bits per heavy atom. The summed E-state index contributed by atoms with van der Waals surface area (Å²) in [5, 5.41) is 5.58. The van der Waals surface area contributed by atoms with Gasteiger partial charge in [0.05, 0.1) is 0 Å². The molecule has 0 fully saturated rings. The molecule has 1 heterocycles. The maximum absolute atomic E-state index is 3.44. The molecule has 0 aliphatic heterocycles. The Morgan fingerprint density at radius 2 is 2.13 bits per heavy atom. The molecule has 0 aliphatic rings. The Labute approximate surface area is 97.3 Å². The molecule has 1 aromatic rings. The lowest BCUT2D eigenvalue weighted by atomic mass is 10.2. The zero-order valence-corrected chi connectivity index (χ0v) is 11.0. The molecule has 0 radical (unpaired) electrons. The molecule has 0 bridgehead atoms. The van der Waals surface area contributed by atoms with Gasteiger partial charge in [-0.1, -0.05) is 19.9 Å². The van der Waals surface area contributed by atoms with E-state index in [1.165, 1.54) is 4.88 Å². The third-order valence-corrected chi connectivity index (χ3v) is 3.68. The highest BCUT2D eigenvalue weighted by molar-refractivity contribution is 7.10. The molecule has 0 aromatic carbocycles. The number of hydrogen-bond acceptors (Lipinski definition) is 3. The fourth-order valence-corrected chi connectivity index (χ4v) is 2.32. The summed E-state index contributed by atoms with van der Waals surface area (Å²) in [6, 6.07) is 5.44. The minimum Gasteiger partial charge on any atom is -0.313 e. The van der Waals surface area contributed by atoms with Crippen LogP contribution in [0.3, 0.4) is 0 Å². The first-order valence-corrected chi connectivity index (χ1v) is 6.46. The standard InChI is InChI=1S/C12H22N2S/c1-10(2)13-7-8-14(4)11(3)12-6-5-9-15-12/h5-6,9-11,13H,7-8H2,1-4H3. The van der Waals surface area contributed by atoms with Gasteiger partial charge in [-0.2, -0.15) is 0 Å². The highest BCUT2D eigenvalue weighted by Gasteiger charge is 2.11. The number of hydrogen-bond donors (Lipinski definition) is 1. The second-order valence-corrected chi connectivity index (χ2v) is 5.26. The van der Waals surface area contributed by atoms with Gasteiger partial charge in [-0.15, -0.1) is 11.3 Å². The molecule has 3 heteroatoms. The van der Waals surface area contributed by atoms with Crippen LogP contribution < -0.4 is 5.32 Å². The van der Waals surface area contributed by atoms with Gasteiger partial charge in [0.25, 0.3) is 0 Å². The van der Waals surface area contributed by atoms with E-state index < -0.39 is 0 Å². The number of thiophene rings is 1. The molecule has 15 heavy (non-hydrogen) atoms. The summed E-state index contributed by atoms with van der Waals surface area (Å²) in [5.74, 6) is 0. The van der Waals surface area contributed by atoms with E-state index >= 15 is 0 Å². The van der Waals surface area contributed by atoms with Crippen LogP contribution in [0.2, 0.25) is 0 Å². The van der Waals surface area contributed by atoms with E-state index in [0.717, 1.165) is 13.1 Å². The maximum Gasteiger partial charge on any atom is 0.0410 e. The summed E-state index contributed by atoms with van der Waals surface area (Å²) in [4.78, 5) is 3.84. The SMILES string of the molecule is CC(C)NCCN(C)C(C)c1cccs1. The van der Waals surface area contributed by atoms with Crippen molar-refractivity contribution >= 4 is 11.3 Å². The van der Waals surface area contributed by atoms with Gasteiger partial charge in [0.2, 0.25) is 0 Å². The lowest BCUT2D eigenvalue weighted by molar-refractivity contribution is 0.262. The first-order valence-electron chi connectivity index (χ1n) is 5.58. The Hall–Kier alpha value is -0.380. The van der Waals surface area contributed by atoms with Crippen molar-refractivity contribution in [2.75, 3.05) is 20.1 Å². The largest absolute Gasteiger partial charge is 0.313 e. The van der Waals surface area contributed by atoms with Crippen molar-refractivity contribution in [1.29, 1.82) is 0 Å². The van der Waals surface area contributed by atoms with Gasteiger partial charge >= 0.3 is 0 Å². The molecule has 0 spiro atoms. The molecule has 1 aromatic heterocycles. The summed E-state index contributed by atoms with van der Waals surface area (Å²) < 4.78 is 0. The first-order chi connectivity index (χ1) is 7.11. The fourth-order valence-electron chi connectivity index (χ4n) is 1.47. The van der Waals surface area contributed by atoms with Crippen molar-refractivity contribution in [2.45, 2.75) is 32.9 Å². The van der Waals surface area contributed by atoms with Crippen molar-refractivity contribution in [2.24, 2.45) is 0 Å². The zero-order chi connectivity index (χ0) is 11.3. The maximum atomic E-state index is 3.44. The Kier molecular flexibility index (Phi) is 5.29. The van der Waals surface area contributed by atoms with Crippen molar-refractivity contribution in [3.63, 3.8) is 0 Å². The molecular formula is C12H22N2S. The smallest absolute Gasteiger partial charge is 0.0410 e. The molecule has 0 saturated carbocycles. The van der Waals surface area contributed by atoms with Crippen LogP contribution in [0.1, 0.15) is 31.7 Å². The third kappa shape index (κ3) is 4.33. The molecule has 1 rings (SSSR count). The van der Waals surface area contributed by atoms with E-state index in [9.17, 15) is 0 Å². The van der Waals surface area contributed by atoms with Crippen LogP contribution in [-0.4, -0.2) is 31.1 Å². The second kappa shape index (κ2) is 6.26. The van der Waals surface area contributed by atoms with Crippen LogP contribution in [0.4, 0.5) is 0 Å². The van der Waals surface area contributed by atoms with Crippen LogP contribution in [0.15, 0.2) is 17.5 Å². The van der Waals surface area contributed by atoms with Gasteiger partial charge in [-0.25, -0.2) is 0 Å². The van der Waals surface area contributed by atoms with Gasteiger partial charge in [-0.3, -0.25) is 4.90 Å². The van der Waals surface area contributed by atoms with Gasteiger partial charge in [0.1, 0.15) is 0 Å². The van der Waals surface area contributed by atoms with Crippen LogP contribution in [0, 0.1) is 0 Å². The number of rotatable bonds is 6. The van der Waals surface area contributed by atoms with Gasteiger partial charge in [-0.05, 0) is 25.4 Å². The van der Waals surface area contributed by atoms with Crippen molar-refractivity contribution in [3.8, 4) is 0 Å².